The van der Waals surface area contributed by atoms with Gasteiger partial charge in [0, 0.05) is 37.2 Å². The SMILES string of the molecule is CS(=O)(=O)N(CCCN)Cc1cccc(-c2ccnc(CCCCC3=CNC4C=CC=CC34)n2)c1. The molecule has 0 bridgehead atoms. The number of nitrogens with one attached hydrogen (secondary N) is 1. The van der Waals surface area contributed by atoms with Crippen molar-refractivity contribution in [1.82, 2.24) is 19.6 Å². The highest BCUT2D eigenvalue weighted by atomic mass is 32.2. The first-order valence-electron chi connectivity index (χ1n) is 12.3. The molecule has 1 aromatic heterocycles. The van der Waals surface area contributed by atoms with Gasteiger partial charge in [0.05, 0.1) is 18.0 Å². The van der Waals surface area contributed by atoms with Crippen LogP contribution in [0.1, 0.15) is 37.1 Å². The predicted molar refractivity (Wildman–Crippen MR) is 141 cm³/mol. The Morgan fingerprint density at radius 3 is 2.74 bits per heavy atom. The summed E-state index contributed by atoms with van der Waals surface area (Å²) in [6, 6.07) is 10.2. The summed E-state index contributed by atoms with van der Waals surface area (Å²) < 4.78 is 25.8. The van der Waals surface area contributed by atoms with Gasteiger partial charge in [-0.2, -0.15) is 4.31 Å². The van der Waals surface area contributed by atoms with Gasteiger partial charge >= 0.3 is 0 Å². The summed E-state index contributed by atoms with van der Waals surface area (Å²) in [6.07, 6.45) is 18.6. The van der Waals surface area contributed by atoms with Crippen LogP contribution in [0.4, 0.5) is 0 Å². The van der Waals surface area contributed by atoms with Gasteiger partial charge in [0.25, 0.3) is 0 Å². The number of aromatic nitrogens is 2. The Bertz CT molecular complexity index is 1210. The summed E-state index contributed by atoms with van der Waals surface area (Å²) in [5.74, 6) is 1.33. The normalized spacial score (nSPS) is 19.0. The second-order valence-corrected chi connectivity index (χ2v) is 11.2. The number of nitrogens with two attached hydrogens (primary N) is 1. The maximum absolute atomic E-state index is 12.2. The fraction of sp³-hybridized carbons (Fsp3) is 0.407. The molecule has 2 aromatic rings. The first kappa shape index (κ1) is 25.3. The van der Waals surface area contributed by atoms with Crippen LogP contribution in [0.2, 0.25) is 0 Å². The van der Waals surface area contributed by atoms with Crippen molar-refractivity contribution >= 4 is 10.0 Å². The number of rotatable bonds is 12. The van der Waals surface area contributed by atoms with Gasteiger partial charge in [0.1, 0.15) is 5.82 Å². The topological polar surface area (TPSA) is 101 Å². The van der Waals surface area contributed by atoms with Gasteiger partial charge in [-0.25, -0.2) is 18.4 Å². The van der Waals surface area contributed by atoms with Crippen molar-refractivity contribution in [2.24, 2.45) is 11.7 Å². The van der Waals surface area contributed by atoms with Crippen LogP contribution >= 0.6 is 0 Å². The van der Waals surface area contributed by atoms with Gasteiger partial charge < -0.3 is 11.1 Å². The van der Waals surface area contributed by atoms with Crippen LogP contribution in [0.3, 0.4) is 0 Å². The largest absolute Gasteiger partial charge is 0.384 e. The van der Waals surface area contributed by atoms with E-state index in [0.29, 0.717) is 38.0 Å². The number of fused-ring (bicyclic) bond motifs is 1. The van der Waals surface area contributed by atoms with Crippen molar-refractivity contribution in [1.29, 1.82) is 0 Å². The van der Waals surface area contributed by atoms with E-state index in [1.807, 2.05) is 36.5 Å². The second-order valence-electron chi connectivity index (χ2n) is 9.21. The van der Waals surface area contributed by atoms with Crippen molar-refractivity contribution in [3.05, 3.63) is 84.0 Å². The molecule has 2 heterocycles. The Morgan fingerprint density at radius 2 is 1.91 bits per heavy atom. The molecular formula is C27H35N5O2S. The van der Waals surface area contributed by atoms with E-state index in [0.717, 1.165) is 48.3 Å². The van der Waals surface area contributed by atoms with Crippen molar-refractivity contribution in [3.8, 4) is 11.3 Å². The van der Waals surface area contributed by atoms with Crippen LogP contribution in [-0.2, 0) is 23.0 Å². The van der Waals surface area contributed by atoms with E-state index < -0.39 is 10.0 Å². The van der Waals surface area contributed by atoms with Crippen molar-refractivity contribution in [2.45, 2.75) is 44.7 Å². The highest BCUT2D eigenvalue weighted by molar-refractivity contribution is 7.88. The van der Waals surface area contributed by atoms with Crippen LogP contribution < -0.4 is 11.1 Å². The first-order chi connectivity index (χ1) is 16.9. The van der Waals surface area contributed by atoms with Gasteiger partial charge in [-0.1, -0.05) is 42.5 Å². The van der Waals surface area contributed by atoms with Crippen LogP contribution in [0.25, 0.3) is 11.3 Å². The molecule has 1 aromatic carbocycles. The molecule has 0 radical (unpaired) electrons. The van der Waals surface area contributed by atoms with E-state index in [1.54, 1.807) is 0 Å². The summed E-state index contributed by atoms with van der Waals surface area (Å²) in [5.41, 5.74) is 9.79. The number of allylic oxidation sites excluding steroid dienone is 2. The summed E-state index contributed by atoms with van der Waals surface area (Å²) in [7, 11) is -3.31. The van der Waals surface area contributed by atoms with E-state index in [1.165, 1.54) is 16.1 Å². The third-order valence-corrected chi connectivity index (χ3v) is 7.76. The van der Waals surface area contributed by atoms with Gasteiger partial charge in [0.2, 0.25) is 10.0 Å². The number of nitrogens with zero attached hydrogens (tertiary/aromatic N) is 3. The fourth-order valence-corrected chi connectivity index (χ4v) is 5.46. The fourth-order valence-electron chi connectivity index (χ4n) is 4.61. The smallest absolute Gasteiger partial charge is 0.211 e. The van der Waals surface area contributed by atoms with Crippen LogP contribution in [0.5, 0.6) is 0 Å². The summed E-state index contributed by atoms with van der Waals surface area (Å²) in [4.78, 5) is 9.27. The molecule has 2 unspecified atom stereocenters. The number of sulfonamides is 1. The quantitative estimate of drug-likeness (QED) is 0.439. The zero-order valence-corrected chi connectivity index (χ0v) is 21.1. The highest BCUT2D eigenvalue weighted by Crippen LogP contribution is 2.29. The Hall–Kier alpha value is -2.81. The Morgan fingerprint density at radius 1 is 1.09 bits per heavy atom. The van der Waals surface area contributed by atoms with Gasteiger partial charge in [0.15, 0.2) is 0 Å². The van der Waals surface area contributed by atoms with Crippen molar-refractivity contribution < 1.29 is 8.42 Å². The highest BCUT2D eigenvalue weighted by Gasteiger charge is 2.26. The molecule has 8 heteroatoms. The third-order valence-electron chi connectivity index (χ3n) is 6.51. The molecule has 35 heavy (non-hydrogen) atoms. The molecule has 2 atom stereocenters. The molecule has 1 aliphatic heterocycles. The zero-order chi connectivity index (χ0) is 24.7. The Labute approximate surface area is 208 Å². The monoisotopic (exact) mass is 493 g/mol. The molecule has 0 spiro atoms. The molecule has 0 saturated carbocycles. The van der Waals surface area contributed by atoms with Crippen molar-refractivity contribution in [3.63, 3.8) is 0 Å². The van der Waals surface area contributed by atoms with Crippen LogP contribution in [0, 0.1) is 5.92 Å². The number of benzene rings is 1. The lowest BCUT2D eigenvalue weighted by Crippen LogP contribution is -2.31. The molecule has 2 aliphatic rings. The average Bonchev–Trinajstić information content (AvgIpc) is 3.27. The lowest BCUT2D eigenvalue weighted by atomic mass is 9.89. The number of aryl methyl sites for hydroxylation is 1. The maximum Gasteiger partial charge on any atom is 0.211 e. The molecule has 7 nitrogen and oxygen atoms in total. The standard InChI is InChI=1S/C27H35N5O2S/c1-35(33,34)32(17-7-15-28)20-21-8-6-10-22(18-21)25-14-16-29-27(31-25)13-5-2-9-23-19-30-26-12-4-3-11-24(23)26/h3-4,6,8,10-12,14,16,18-19,24,26,30H,2,5,7,9,13,15,17,20,28H2,1H3. The maximum atomic E-state index is 12.2. The lowest BCUT2D eigenvalue weighted by Gasteiger charge is -2.20. The van der Waals surface area contributed by atoms with Crippen molar-refractivity contribution in [2.75, 3.05) is 19.3 Å². The molecule has 1 aliphatic carbocycles. The molecule has 4 rings (SSSR count). The van der Waals surface area contributed by atoms with Crippen LogP contribution in [-0.4, -0.2) is 48.1 Å². The summed E-state index contributed by atoms with van der Waals surface area (Å²) >= 11 is 0. The second kappa shape index (κ2) is 11.7. The number of unbranched alkanes of at least 4 members (excludes halogenated alkanes) is 1. The average molecular weight is 494 g/mol. The molecule has 0 fully saturated rings. The Kier molecular flexibility index (Phi) is 8.49. The molecule has 0 saturated heterocycles. The van der Waals surface area contributed by atoms with E-state index in [4.69, 9.17) is 10.7 Å². The lowest BCUT2D eigenvalue weighted by molar-refractivity contribution is 0.405. The Balaban J connectivity index is 1.34. The van der Waals surface area contributed by atoms with E-state index >= 15 is 0 Å². The predicted octanol–water partition coefficient (Wildman–Crippen LogP) is 3.56. The third kappa shape index (κ3) is 6.87. The van der Waals surface area contributed by atoms with E-state index in [9.17, 15) is 8.42 Å². The number of hydrogen-bond acceptors (Lipinski definition) is 6. The van der Waals surface area contributed by atoms with Gasteiger partial charge in [-0.05, 0) is 61.7 Å². The summed E-state index contributed by atoms with van der Waals surface area (Å²) in [5, 5.41) is 3.46. The summed E-state index contributed by atoms with van der Waals surface area (Å²) in [6.45, 7) is 1.19. The first-order valence-corrected chi connectivity index (χ1v) is 14.2. The van der Waals surface area contributed by atoms with Gasteiger partial charge in [-0.3, -0.25) is 0 Å². The minimum absolute atomic E-state index is 0.322. The van der Waals surface area contributed by atoms with Crippen LogP contribution in [0.15, 0.2) is 72.6 Å². The molecule has 0 amide bonds. The molecule has 186 valence electrons. The van der Waals surface area contributed by atoms with E-state index in [2.05, 4.69) is 40.8 Å². The minimum atomic E-state index is -3.31. The molecular weight excluding hydrogens is 458 g/mol. The zero-order valence-electron chi connectivity index (χ0n) is 20.3. The molecule has 3 N–H and O–H groups in total. The number of hydrogen-bond donors (Lipinski definition) is 2. The minimum Gasteiger partial charge on any atom is -0.384 e. The van der Waals surface area contributed by atoms with Gasteiger partial charge in [-0.15, -0.1) is 0 Å². The van der Waals surface area contributed by atoms with E-state index in [-0.39, 0.29) is 0 Å².